The van der Waals surface area contributed by atoms with Gasteiger partial charge in [0.15, 0.2) is 0 Å². The fraction of sp³-hybridized carbons (Fsp3) is 0.800. The fourth-order valence-electron chi connectivity index (χ4n) is 0.714. The third-order valence-electron chi connectivity index (χ3n) is 1.18. The van der Waals surface area contributed by atoms with Gasteiger partial charge in [-0.1, -0.05) is 4.67 Å². The Bertz CT molecular complexity index is 183. The molecule has 0 N–H and O–H groups in total. The summed E-state index contributed by atoms with van der Waals surface area (Å²) >= 11 is 0. The van der Waals surface area contributed by atoms with Crippen LogP contribution in [-0.4, -0.2) is 30.5 Å². The van der Waals surface area contributed by atoms with Crippen molar-refractivity contribution in [1.29, 1.82) is 0 Å². The first-order valence-corrected chi connectivity index (χ1v) is 4.43. The van der Waals surface area contributed by atoms with Crippen molar-refractivity contribution in [2.45, 2.75) is 6.92 Å². The lowest BCUT2D eigenvalue weighted by Crippen LogP contribution is -2.16. The van der Waals surface area contributed by atoms with Crippen LogP contribution >= 0.6 is 8.18 Å². The minimum atomic E-state index is -2.01. The molecule has 0 bridgehead atoms. The van der Waals surface area contributed by atoms with Gasteiger partial charge in [0.1, 0.15) is 19.8 Å². The molecule has 1 unspecified atom stereocenters. The van der Waals surface area contributed by atoms with Gasteiger partial charge in [0, 0.05) is 0 Å². The van der Waals surface area contributed by atoms with E-state index in [1.807, 2.05) is 0 Å². The zero-order valence-corrected chi connectivity index (χ0v) is 7.04. The largest absolute Gasteiger partial charge is 0.651 e. The van der Waals surface area contributed by atoms with Crippen LogP contribution < -0.4 is 0 Å². The second-order valence-corrected chi connectivity index (χ2v) is 3.11. The maximum Gasteiger partial charge on any atom is 0.651 e. The number of rotatable bonds is 3. The molecule has 0 aromatic rings. The number of hydrogen-bond donors (Lipinski definition) is 0. The number of ether oxygens (including phenoxy) is 1. The Morgan fingerprint density at radius 1 is 1.82 bits per heavy atom. The molecule has 1 aliphatic heterocycles. The summed E-state index contributed by atoms with van der Waals surface area (Å²) in [6, 6.07) is 0. The highest BCUT2D eigenvalue weighted by Gasteiger charge is 2.40. The molecule has 62 valence electrons. The Morgan fingerprint density at radius 3 is 3.00 bits per heavy atom. The fourth-order valence-corrected chi connectivity index (χ4v) is 1.51. The zero-order chi connectivity index (χ0) is 8.27. The molecule has 1 saturated heterocycles. The molecule has 11 heavy (non-hydrogen) atoms. The lowest BCUT2D eigenvalue weighted by atomic mass is 10.7. The molecule has 0 radical (unpaired) electrons. The molecule has 1 amide bonds. The van der Waals surface area contributed by atoms with Gasteiger partial charge < -0.3 is 4.74 Å². The topological polar surface area (TPSA) is 55.8 Å². The maximum atomic E-state index is 11.0. The summed E-state index contributed by atoms with van der Waals surface area (Å²) in [7, 11) is -2.01. The smallest absolute Gasteiger partial charge is 0.445 e. The Morgan fingerprint density at radius 2 is 2.55 bits per heavy atom. The van der Waals surface area contributed by atoms with E-state index < -0.39 is 14.3 Å². The van der Waals surface area contributed by atoms with Crippen LogP contribution in [0.5, 0.6) is 0 Å². The summed E-state index contributed by atoms with van der Waals surface area (Å²) in [5.41, 5.74) is 0. The average Bonchev–Trinajstić information content (AvgIpc) is 2.36. The van der Waals surface area contributed by atoms with Crippen LogP contribution in [0, 0.1) is 0 Å². The number of hydrogen-bond acceptors (Lipinski definition) is 4. The van der Waals surface area contributed by atoms with E-state index in [4.69, 9.17) is 4.52 Å². The summed E-state index contributed by atoms with van der Waals surface area (Å²) in [6.45, 7) is 2.70. The van der Waals surface area contributed by atoms with E-state index in [1.54, 1.807) is 6.92 Å². The van der Waals surface area contributed by atoms with Crippen molar-refractivity contribution in [3.63, 3.8) is 0 Å². The summed E-state index contributed by atoms with van der Waals surface area (Å²) in [5.74, 6) is 0. The Balaban J connectivity index is 2.46. The molecule has 0 spiro atoms. The molecule has 0 aliphatic carbocycles. The molecular weight excluding hydrogens is 169 g/mol. The van der Waals surface area contributed by atoms with Gasteiger partial charge >= 0.3 is 14.3 Å². The van der Waals surface area contributed by atoms with Gasteiger partial charge in [-0.05, 0) is 11.5 Å². The minimum Gasteiger partial charge on any atom is -0.445 e. The number of amides is 1. The number of carbonyl (C=O) groups excluding carboxylic acids is 1. The summed E-state index contributed by atoms with van der Waals surface area (Å²) in [4.78, 5) is 10.7. The molecule has 1 fully saturated rings. The molecule has 1 heterocycles. The second-order valence-electron chi connectivity index (χ2n) is 1.89. The monoisotopic (exact) mass is 178 g/mol. The van der Waals surface area contributed by atoms with Crippen LogP contribution in [0.25, 0.3) is 0 Å². The summed E-state index contributed by atoms with van der Waals surface area (Å²) in [5, 5.41) is 0. The van der Waals surface area contributed by atoms with Gasteiger partial charge in [-0.2, -0.15) is 0 Å². The third-order valence-corrected chi connectivity index (χ3v) is 2.41. The normalized spacial score (nSPS) is 18.5. The molecule has 1 atom stereocenters. The highest BCUT2D eigenvalue weighted by atomic mass is 31.1. The van der Waals surface area contributed by atoms with E-state index in [0.717, 1.165) is 4.67 Å². The predicted molar refractivity (Wildman–Crippen MR) is 37.3 cm³/mol. The van der Waals surface area contributed by atoms with E-state index in [9.17, 15) is 9.36 Å². The molecular formula is C5H9NO4P+. The molecule has 1 aliphatic rings. The highest BCUT2D eigenvalue weighted by molar-refractivity contribution is 7.37. The van der Waals surface area contributed by atoms with Crippen molar-refractivity contribution in [3.05, 3.63) is 0 Å². The Kier molecular flexibility index (Phi) is 2.79. The standard InChI is InChI=1S/C5H9NO4P/c1-2-10-11(8)6-3-4-9-5(6)7/h2-4H2,1H3/q+1. The van der Waals surface area contributed by atoms with E-state index in [-0.39, 0.29) is 0 Å². The molecule has 0 aromatic carbocycles. The van der Waals surface area contributed by atoms with E-state index in [0.29, 0.717) is 19.8 Å². The van der Waals surface area contributed by atoms with Crippen molar-refractivity contribution >= 4 is 14.3 Å². The van der Waals surface area contributed by atoms with Crippen molar-refractivity contribution < 1.29 is 18.6 Å². The molecule has 6 heteroatoms. The Labute approximate surface area is 65.2 Å². The predicted octanol–water partition coefficient (Wildman–Crippen LogP) is 1.13. The average molecular weight is 178 g/mol. The molecule has 1 rings (SSSR count). The highest BCUT2D eigenvalue weighted by Crippen LogP contribution is 2.30. The molecule has 5 nitrogen and oxygen atoms in total. The Hall–Kier alpha value is -0.670. The first kappa shape index (κ1) is 8.43. The number of carbonyl (C=O) groups is 1. The van der Waals surface area contributed by atoms with Crippen LogP contribution in [0.15, 0.2) is 0 Å². The van der Waals surface area contributed by atoms with Crippen LogP contribution in [0.3, 0.4) is 0 Å². The maximum absolute atomic E-state index is 11.0. The zero-order valence-electron chi connectivity index (χ0n) is 6.15. The first-order valence-electron chi connectivity index (χ1n) is 3.30. The van der Waals surface area contributed by atoms with Crippen LogP contribution in [0.1, 0.15) is 6.92 Å². The lowest BCUT2D eigenvalue weighted by Gasteiger charge is -1.94. The van der Waals surface area contributed by atoms with E-state index >= 15 is 0 Å². The van der Waals surface area contributed by atoms with Crippen molar-refractivity contribution in [1.82, 2.24) is 4.67 Å². The summed E-state index contributed by atoms with van der Waals surface area (Å²) < 4.78 is 21.4. The van der Waals surface area contributed by atoms with E-state index in [1.165, 1.54) is 0 Å². The van der Waals surface area contributed by atoms with Gasteiger partial charge in [0.25, 0.3) is 0 Å². The van der Waals surface area contributed by atoms with Gasteiger partial charge in [-0.25, -0.2) is 4.79 Å². The van der Waals surface area contributed by atoms with Gasteiger partial charge in [-0.15, -0.1) is 4.52 Å². The molecule has 0 saturated carbocycles. The minimum absolute atomic E-state index is 0.299. The van der Waals surface area contributed by atoms with Crippen LogP contribution in [-0.2, 0) is 13.8 Å². The van der Waals surface area contributed by atoms with Gasteiger partial charge in [0.05, 0.1) is 0 Å². The number of cyclic esters (lactones) is 1. The van der Waals surface area contributed by atoms with Gasteiger partial charge in [-0.3, -0.25) is 0 Å². The molecule has 0 aromatic heterocycles. The van der Waals surface area contributed by atoms with Gasteiger partial charge in [0.2, 0.25) is 0 Å². The number of nitrogens with zero attached hydrogens (tertiary/aromatic N) is 1. The second kappa shape index (κ2) is 3.64. The van der Waals surface area contributed by atoms with Crippen LogP contribution in [0.4, 0.5) is 4.79 Å². The van der Waals surface area contributed by atoms with Crippen molar-refractivity contribution in [3.8, 4) is 0 Å². The van der Waals surface area contributed by atoms with Crippen molar-refractivity contribution in [2.24, 2.45) is 0 Å². The quantitative estimate of drug-likeness (QED) is 0.608. The SMILES string of the molecule is CCO[P+](=O)N1CCOC1=O. The lowest BCUT2D eigenvalue weighted by molar-refractivity contribution is 0.167. The van der Waals surface area contributed by atoms with Crippen molar-refractivity contribution in [2.75, 3.05) is 19.8 Å². The van der Waals surface area contributed by atoms with Crippen LogP contribution in [0.2, 0.25) is 0 Å². The third kappa shape index (κ3) is 1.88. The first-order chi connectivity index (χ1) is 5.25. The summed E-state index contributed by atoms with van der Waals surface area (Å²) in [6.07, 6.45) is -0.556. The van der Waals surface area contributed by atoms with E-state index in [2.05, 4.69) is 4.74 Å².